The standard InChI is InChI=1S/C31H39N3O6S/c1-6-40-29-18-11-10-17-27(29)34(41(5,37)38)22-30(35)33(21-25-15-12-16-26(19-25)39-4)28(31(36)32-23(2)3)20-24-13-8-7-9-14-24/h7-19,23,28H,6,20-22H2,1-5H3,(H,32,36)/t28-/m1/s1. The van der Waals surface area contributed by atoms with Gasteiger partial charge in [-0.15, -0.1) is 0 Å². The summed E-state index contributed by atoms with van der Waals surface area (Å²) in [5.41, 5.74) is 1.84. The molecule has 0 aliphatic rings. The first kappa shape index (κ1) is 31.5. The summed E-state index contributed by atoms with van der Waals surface area (Å²) in [5, 5.41) is 2.94. The number of carbonyl (C=O) groups excluding carboxylic acids is 2. The number of para-hydroxylation sites is 2. The second-order valence-electron chi connectivity index (χ2n) is 9.91. The average Bonchev–Trinajstić information content (AvgIpc) is 2.93. The van der Waals surface area contributed by atoms with Gasteiger partial charge in [-0.25, -0.2) is 8.42 Å². The summed E-state index contributed by atoms with van der Waals surface area (Å²) in [7, 11) is -2.36. The summed E-state index contributed by atoms with van der Waals surface area (Å²) in [5.74, 6) is 0.0700. The molecule has 0 saturated carbocycles. The van der Waals surface area contributed by atoms with Crippen LogP contribution in [0.1, 0.15) is 31.9 Å². The van der Waals surface area contributed by atoms with Gasteiger partial charge in [0, 0.05) is 19.0 Å². The number of sulfonamides is 1. The molecule has 10 heteroatoms. The van der Waals surface area contributed by atoms with Gasteiger partial charge in [0.25, 0.3) is 0 Å². The predicted octanol–water partition coefficient (Wildman–Crippen LogP) is 4.02. The molecule has 0 aliphatic heterocycles. The Kier molecular flexibility index (Phi) is 11.2. The number of nitrogens with one attached hydrogen (secondary N) is 1. The van der Waals surface area contributed by atoms with Crippen molar-refractivity contribution < 1.29 is 27.5 Å². The van der Waals surface area contributed by atoms with Gasteiger partial charge in [0.15, 0.2) is 0 Å². The number of amides is 2. The molecule has 0 aromatic heterocycles. The van der Waals surface area contributed by atoms with Crippen LogP contribution in [-0.4, -0.2) is 63.7 Å². The van der Waals surface area contributed by atoms with Crippen molar-refractivity contribution in [3.63, 3.8) is 0 Å². The van der Waals surface area contributed by atoms with Gasteiger partial charge >= 0.3 is 0 Å². The highest BCUT2D eigenvalue weighted by Gasteiger charge is 2.34. The number of methoxy groups -OCH3 is 1. The largest absolute Gasteiger partial charge is 0.497 e. The molecule has 0 heterocycles. The van der Waals surface area contributed by atoms with Gasteiger partial charge in [-0.1, -0.05) is 54.6 Å². The number of nitrogens with zero attached hydrogens (tertiary/aromatic N) is 2. The quantitative estimate of drug-likeness (QED) is 0.308. The van der Waals surface area contributed by atoms with Crippen LogP contribution in [0.15, 0.2) is 78.9 Å². The van der Waals surface area contributed by atoms with Gasteiger partial charge in [-0.3, -0.25) is 13.9 Å². The minimum atomic E-state index is -3.91. The Morgan fingerprint density at radius 1 is 0.927 bits per heavy atom. The average molecular weight is 582 g/mol. The van der Waals surface area contributed by atoms with E-state index in [1.54, 1.807) is 56.5 Å². The molecule has 1 atom stereocenters. The summed E-state index contributed by atoms with van der Waals surface area (Å²) in [6.45, 7) is 5.35. The van der Waals surface area contributed by atoms with E-state index >= 15 is 0 Å². The molecule has 3 aromatic rings. The van der Waals surface area contributed by atoms with Crippen LogP contribution in [0.4, 0.5) is 5.69 Å². The summed E-state index contributed by atoms with van der Waals surface area (Å²) in [6, 6.07) is 22.2. The van der Waals surface area contributed by atoms with Crippen LogP contribution in [0.2, 0.25) is 0 Å². The Bertz CT molecular complexity index is 1410. The molecule has 0 fully saturated rings. The Morgan fingerprint density at radius 2 is 1.59 bits per heavy atom. The molecule has 220 valence electrons. The number of anilines is 1. The molecule has 1 N–H and O–H groups in total. The van der Waals surface area contributed by atoms with E-state index in [0.29, 0.717) is 18.1 Å². The number of ether oxygens (including phenoxy) is 2. The molecular formula is C31H39N3O6S. The fourth-order valence-corrected chi connectivity index (χ4v) is 5.29. The minimum Gasteiger partial charge on any atom is -0.497 e. The third-order valence-corrected chi connectivity index (χ3v) is 7.43. The van der Waals surface area contributed by atoms with Gasteiger partial charge in [-0.2, -0.15) is 0 Å². The maximum absolute atomic E-state index is 14.2. The van der Waals surface area contributed by atoms with E-state index in [0.717, 1.165) is 21.7 Å². The maximum atomic E-state index is 14.2. The van der Waals surface area contributed by atoms with E-state index in [-0.39, 0.29) is 30.6 Å². The monoisotopic (exact) mass is 581 g/mol. The van der Waals surface area contributed by atoms with Crippen LogP contribution < -0.4 is 19.1 Å². The van der Waals surface area contributed by atoms with Crippen molar-refractivity contribution >= 4 is 27.5 Å². The summed E-state index contributed by atoms with van der Waals surface area (Å²) in [4.78, 5) is 29.3. The lowest BCUT2D eigenvalue weighted by Gasteiger charge is -2.34. The smallest absolute Gasteiger partial charge is 0.244 e. The van der Waals surface area contributed by atoms with Crippen molar-refractivity contribution in [1.29, 1.82) is 0 Å². The lowest BCUT2D eigenvalue weighted by molar-refractivity contribution is -0.140. The van der Waals surface area contributed by atoms with Gasteiger partial charge < -0.3 is 19.7 Å². The Hall–Kier alpha value is -4.05. The van der Waals surface area contributed by atoms with E-state index in [4.69, 9.17) is 9.47 Å². The fraction of sp³-hybridized carbons (Fsp3) is 0.355. The van der Waals surface area contributed by atoms with Crippen LogP contribution in [-0.2, 0) is 32.6 Å². The molecule has 0 bridgehead atoms. The van der Waals surface area contributed by atoms with Crippen LogP contribution in [0.5, 0.6) is 11.5 Å². The Labute approximate surface area is 243 Å². The van der Waals surface area contributed by atoms with E-state index in [1.165, 1.54) is 4.90 Å². The predicted molar refractivity (Wildman–Crippen MR) is 161 cm³/mol. The van der Waals surface area contributed by atoms with Gasteiger partial charge in [0.2, 0.25) is 21.8 Å². The molecule has 2 amide bonds. The minimum absolute atomic E-state index is 0.0593. The molecule has 3 rings (SSSR count). The third kappa shape index (κ3) is 8.97. The first-order chi connectivity index (χ1) is 19.5. The lowest BCUT2D eigenvalue weighted by atomic mass is 10.0. The second kappa shape index (κ2) is 14.5. The van der Waals surface area contributed by atoms with Crippen LogP contribution in [0.25, 0.3) is 0 Å². The van der Waals surface area contributed by atoms with Crippen molar-refractivity contribution in [2.45, 2.75) is 45.8 Å². The van der Waals surface area contributed by atoms with Crippen molar-refractivity contribution in [1.82, 2.24) is 10.2 Å². The molecule has 0 saturated heterocycles. The van der Waals surface area contributed by atoms with E-state index in [1.807, 2.05) is 50.2 Å². The second-order valence-corrected chi connectivity index (χ2v) is 11.8. The van der Waals surface area contributed by atoms with E-state index in [2.05, 4.69) is 5.32 Å². The number of carbonyl (C=O) groups is 2. The highest BCUT2D eigenvalue weighted by atomic mass is 32.2. The Morgan fingerprint density at radius 3 is 2.22 bits per heavy atom. The molecule has 0 spiro atoms. The highest BCUT2D eigenvalue weighted by molar-refractivity contribution is 7.92. The van der Waals surface area contributed by atoms with Gasteiger partial charge in [0.1, 0.15) is 24.1 Å². The summed E-state index contributed by atoms with van der Waals surface area (Å²) < 4.78 is 38.1. The van der Waals surface area contributed by atoms with Crippen molar-refractivity contribution in [3.8, 4) is 11.5 Å². The van der Waals surface area contributed by atoms with Gasteiger partial charge in [-0.05, 0) is 56.2 Å². The zero-order valence-electron chi connectivity index (χ0n) is 24.2. The maximum Gasteiger partial charge on any atom is 0.244 e. The normalized spacial score (nSPS) is 12.0. The lowest BCUT2D eigenvalue weighted by Crippen LogP contribution is -2.54. The van der Waals surface area contributed by atoms with Crippen LogP contribution in [0.3, 0.4) is 0 Å². The van der Waals surface area contributed by atoms with Crippen LogP contribution in [0, 0.1) is 0 Å². The van der Waals surface area contributed by atoms with E-state index < -0.39 is 28.5 Å². The number of hydrogen-bond donors (Lipinski definition) is 1. The number of benzene rings is 3. The summed E-state index contributed by atoms with van der Waals surface area (Å²) in [6.07, 6.45) is 1.28. The van der Waals surface area contributed by atoms with E-state index in [9.17, 15) is 18.0 Å². The molecular weight excluding hydrogens is 542 g/mol. The molecule has 3 aromatic carbocycles. The zero-order valence-corrected chi connectivity index (χ0v) is 25.1. The van der Waals surface area contributed by atoms with Crippen molar-refractivity contribution in [3.05, 3.63) is 90.0 Å². The highest BCUT2D eigenvalue weighted by Crippen LogP contribution is 2.30. The third-order valence-electron chi connectivity index (χ3n) is 6.30. The summed E-state index contributed by atoms with van der Waals surface area (Å²) >= 11 is 0. The molecule has 9 nitrogen and oxygen atoms in total. The molecule has 0 unspecified atom stereocenters. The first-order valence-corrected chi connectivity index (χ1v) is 15.3. The van der Waals surface area contributed by atoms with Crippen molar-refractivity contribution in [2.75, 3.05) is 30.8 Å². The van der Waals surface area contributed by atoms with Gasteiger partial charge in [0.05, 0.1) is 25.7 Å². The van der Waals surface area contributed by atoms with Crippen LogP contribution >= 0.6 is 0 Å². The number of rotatable bonds is 14. The zero-order chi connectivity index (χ0) is 30.0. The Balaban J connectivity index is 2.09. The molecule has 0 radical (unpaired) electrons. The SMILES string of the molecule is CCOc1ccccc1N(CC(=O)N(Cc1cccc(OC)c1)[C@H](Cc1ccccc1)C(=O)NC(C)C)S(C)(=O)=O. The first-order valence-electron chi connectivity index (χ1n) is 13.5. The number of hydrogen-bond acceptors (Lipinski definition) is 6. The topological polar surface area (TPSA) is 105 Å². The molecule has 41 heavy (non-hydrogen) atoms. The fourth-order valence-electron chi connectivity index (χ4n) is 4.44. The van der Waals surface area contributed by atoms with Crippen molar-refractivity contribution in [2.24, 2.45) is 0 Å². The molecule has 0 aliphatic carbocycles.